The zero-order valence-corrected chi connectivity index (χ0v) is 30.2. The summed E-state index contributed by atoms with van der Waals surface area (Å²) in [7, 11) is 0. The summed E-state index contributed by atoms with van der Waals surface area (Å²) in [5.41, 5.74) is 0.495. The van der Waals surface area contributed by atoms with Crippen LogP contribution in [0.5, 0.6) is 0 Å². The number of benzene rings is 1. The van der Waals surface area contributed by atoms with Gasteiger partial charge in [-0.25, -0.2) is 0 Å². The van der Waals surface area contributed by atoms with E-state index in [1.165, 1.54) is 43.9 Å². The van der Waals surface area contributed by atoms with E-state index in [9.17, 15) is 29.1 Å². The van der Waals surface area contributed by atoms with Crippen LogP contribution >= 0.6 is 23.2 Å². The number of rotatable bonds is 19. The molecule has 1 aromatic rings. The van der Waals surface area contributed by atoms with Crippen molar-refractivity contribution in [3.05, 3.63) is 33.8 Å². The number of unbranched alkanes of at least 4 members (excludes halogenated alkanes) is 4. The van der Waals surface area contributed by atoms with E-state index >= 15 is 0 Å². The summed E-state index contributed by atoms with van der Waals surface area (Å²) in [5.74, 6) is -2.62. The lowest BCUT2D eigenvalue weighted by Crippen LogP contribution is -2.52. The molecule has 1 saturated heterocycles. The van der Waals surface area contributed by atoms with Crippen molar-refractivity contribution in [3.8, 4) is 0 Å². The van der Waals surface area contributed by atoms with E-state index in [1.54, 1.807) is 9.80 Å². The van der Waals surface area contributed by atoms with Gasteiger partial charge in [-0.2, -0.15) is 0 Å². The Kier molecular flexibility index (Phi) is 16.5. The van der Waals surface area contributed by atoms with Gasteiger partial charge in [-0.15, -0.1) is 0 Å². The van der Waals surface area contributed by atoms with Gasteiger partial charge in [0.25, 0.3) is 5.91 Å². The van der Waals surface area contributed by atoms with Crippen molar-refractivity contribution in [3.63, 3.8) is 0 Å². The Morgan fingerprint density at radius 3 is 1.92 bits per heavy atom. The highest BCUT2D eigenvalue weighted by atomic mass is 35.5. The second-order valence-electron chi connectivity index (χ2n) is 13.5. The van der Waals surface area contributed by atoms with Gasteiger partial charge in [0.05, 0.1) is 0 Å². The smallest absolute Gasteiger partial charge is 0.303 e. The largest absolute Gasteiger partial charge is 0.481 e. The number of halogens is 2. The molecule has 1 saturated carbocycles. The molecule has 4 amide bonds. The summed E-state index contributed by atoms with van der Waals surface area (Å²) in [6.45, 7) is 6.45. The zero-order chi connectivity index (χ0) is 35.1. The number of carboxylic acids is 1. The van der Waals surface area contributed by atoms with Crippen molar-refractivity contribution >= 4 is 52.8 Å². The van der Waals surface area contributed by atoms with Crippen molar-refractivity contribution in [2.75, 3.05) is 26.2 Å². The van der Waals surface area contributed by atoms with Crippen molar-refractivity contribution < 1.29 is 29.1 Å². The van der Waals surface area contributed by atoms with Crippen molar-refractivity contribution in [2.24, 2.45) is 5.41 Å². The number of carbonyl (C=O) groups excluding carboxylic acids is 4. The van der Waals surface area contributed by atoms with Gasteiger partial charge < -0.3 is 25.5 Å². The number of amides is 4. The molecule has 48 heavy (non-hydrogen) atoms. The molecule has 3 rings (SSSR count). The number of piperidine rings is 1. The second kappa shape index (κ2) is 20.0. The molecule has 12 heteroatoms. The fraction of sp³-hybridized carbons (Fsp3) is 0.694. The van der Waals surface area contributed by atoms with Crippen LogP contribution in [0.25, 0.3) is 0 Å². The van der Waals surface area contributed by atoms with Crippen LogP contribution in [0.4, 0.5) is 0 Å². The highest BCUT2D eigenvalue weighted by Gasteiger charge is 2.39. The molecular formula is C36H54Cl2N4O6. The van der Waals surface area contributed by atoms with Crippen LogP contribution in [0.1, 0.15) is 127 Å². The summed E-state index contributed by atoms with van der Waals surface area (Å²) in [5, 5.41) is 15.5. The molecule has 3 N–H and O–H groups in total. The molecule has 2 atom stereocenters. The summed E-state index contributed by atoms with van der Waals surface area (Å²) in [6.07, 6.45) is 11.8. The van der Waals surface area contributed by atoms with Crippen molar-refractivity contribution in [1.82, 2.24) is 20.4 Å². The van der Waals surface area contributed by atoms with Crippen LogP contribution < -0.4 is 10.6 Å². The maximum absolute atomic E-state index is 13.9. The molecule has 2 aliphatic rings. The molecule has 1 aliphatic carbocycles. The Bertz CT molecular complexity index is 1210. The van der Waals surface area contributed by atoms with Crippen LogP contribution in [0.3, 0.4) is 0 Å². The van der Waals surface area contributed by atoms with E-state index in [0.717, 1.165) is 51.4 Å². The number of nitrogens with zero attached hydrogens (tertiary/aromatic N) is 2. The summed E-state index contributed by atoms with van der Waals surface area (Å²) < 4.78 is 0. The minimum Gasteiger partial charge on any atom is -0.481 e. The minimum absolute atomic E-state index is 0.00288. The molecule has 10 nitrogen and oxygen atoms in total. The Labute approximate surface area is 295 Å². The van der Waals surface area contributed by atoms with E-state index in [0.29, 0.717) is 31.6 Å². The molecule has 0 bridgehead atoms. The van der Waals surface area contributed by atoms with Crippen LogP contribution in [0.2, 0.25) is 10.0 Å². The molecule has 1 heterocycles. The van der Waals surface area contributed by atoms with Gasteiger partial charge in [-0.1, -0.05) is 75.6 Å². The van der Waals surface area contributed by atoms with Crippen LogP contribution in [0.15, 0.2) is 18.2 Å². The van der Waals surface area contributed by atoms with E-state index in [1.807, 2.05) is 0 Å². The molecule has 268 valence electrons. The third-order valence-electron chi connectivity index (χ3n) is 9.84. The lowest BCUT2D eigenvalue weighted by molar-refractivity contribution is -0.140. The number of carbonyl (C=O) groups is 5. The average molecular weight is 710 g/mol. The predicted molar refractivity (Wildman–Crippen MR) is 188 cm³/mol. The summed E-state index contributed by atoms with van der Waals surface area (Å²) in [4.78, 5) is 69.2. The van der Waals surface area contributed by atoms with E-state index < -0.39 is 29.9 Å². The Hall–Kier alpha value is -2.85. The molecule has 0 aromatic heterocycles. The lowest BCUT2D eigenvalue weighted by Gasteiger charge is -2.40. The normalized spacial score (nSPS) is 16.7. The molecule has 1 aromatic carbocycles. The molecule has 0 unspecified atom stereocenters. The van der Waals surface area contributed by atoms with Crippen LogP contribution in [0, 0.1) is 5.41 Å². The van der Waals surface area contributed by atoms with Gasteiger partial charge in [-0.3, -0.25) is 24.0 Å². The minimum atomic E-state index is -1.05. The second-order valence-corrected chi connectivity index (χ2v) is 14.4. The van der Waals surface area contributed by atoms with E-state index in [4.69, 9.17) is 23.2 Å². The van der Waals surface area contributed by atoms with Crippen LogP contribution in [-0.2, 0) is 19.2 Å². The summed E-state index contributed by atoms with van der Waals surface area (Å²) in [6, 6.07) is 2.45. The zero-order valence-electron chi connectivity index (χ0n) is 28.7. The maximum Gasteiger partial charge on any atom is 0.303 e. The highest BCUT2D eigenvalue weighted by Crippen LogP contribution is 2.46. The van der Waals surface area contributed by atoms with Gasteiger partial charge in [0.1, 0.15) is 12.1 Å². The van der Waals surface area contributed by atoms with E-state index in [2.05, 4.69) is 24.5 Å². The topological polar surface area (TPSA) is 136 Å². The Morgan fingerprint density at radius 1 is 0.812 bits per heavy atom. The first-order valence-electron chi connectivity index (χ1n) is 17.8. The Morgan fingerprint density at radius 2 is 1.38 bits per heavy atom. The number of hydrogen-bond donors (Lipinski definition) is 3. The SMILES string of the molecule is CCCCCN(CCCCC)C(=O)[C@H](CCC(=O)O)NC(=O)CC[C@@H](NC(=O)c1cc(Cl)cc(Cl)c1)C(=O)N1CCC2(CCCC2)CC1. The molecule has 2 fully saturated rings. The van der Waals surface area contributed by atoms with Gasteiger partial charge in [-0.05, 0) is 75.0 Å². The molecule has 0 radical (unpaired) electrons. The molecule has 1 aliphatic heterocycles. The number of nitrogens with one attached hydrogen (secondary N) is 2. The lowest BCUT2D eigenvalue weighted by atomic mass is 9.77. The quantitative estimate of drug-likeness (QED) is 0.138. The fourth-order valence-electron chi connectivity index (χ4n) is 6.96. The van der Waals surface area contributed by atoms with Gasteiger partial charge in [0.2, 0.25) is 17.7 Å². The highest BCUT2D eigenvalue weighted by molar-refractivity contribution is 6.35. The fourth-order valence-corrected chi connectivity index (χ4v) is 7.48. The van der Waals surface area contributed by atoms with Crippen molar-refractivity contribution in [1.29, 1.82) is 0 Å². The van der Waals surface area contributed by atoms with Crippen molar-refractivity contribution in [2.45, 2.75) is 129 Å². The number of hydrogen-bond acceptors (Lipinski definition) is 5. The average Bonchev–Trinajstić information content (AvgIpc) is 3.51. The Balaban J connectivity index is 1.73. The first kappa shape index (κ1) is 39.6. The third-order valence-corrected chi connectivity index (χ3v) is 10.3. The van der Waals surface area contributed by atoms with Gasteiger partial charge >= 0.3 is 5.97 Å². The molecular weight excluding hydrogens is 655 g/mol. The monoisotopic (exact) mass is 708 g/mol. The molecule has 1 spiro atoms. The number of carboxylic acid groups (broad SMARTS) is 1. The number of aliphatic carboxylic acids is 1. The van der Waals surface area contributed by atoms with Gasteiger partial charge in [0, 0.05) is 54.6 Å². The standard InChI is InChI=1S/C36H54Cl2N4O6/c1-3-5-9-19-41(20-10-6-4-2)34(47)29(12-14-32(44)45)39-31(43)13-11-30(40-33(46)26-23-27(37)25-28(38)24-26)35(48)42-21-17-36(18-22-42)15-7-8-16-36/h23-25,29-30H,3-22H2,1-2H3,(H,39,43)(H,40,46)(H,44,45)/t29-,30+/m0/s1. The van der Waals surface area contributed by atoms with Crippen LogP contribution in [-0.4, -0.2) is 82.8 Å². The number of likely N-dealkylation sites (tertiary alicyclic amines) is 1. The van der Waals surface area contributed by atoms with E-state index in [-0.39, 0.29) is 53.1 Å². The first-order chi connectivity index (χ1) is 23.0. The first-order valence-corrected chi connectivity index (χ1v) is 18.6. The van der Waals surface area contributed by atoms with Gasteiger partial charge in [0.15, 0.2) is 0 Å². The predicted octanol–water partition coefficient (Wildman–Crippen LogP) is 6.61. The summed E-state index contributed by atoms with van der Waals surface area (Å²) >= 11 is 12.3. The maximum atomic E-state index is 13.9. The third kappa shape index (κ3) is 12.6.